The summed E-state index contributed by atoms with van der Waals surface area (Å²) >= 11 is 0. The van der Waals surface area contributed by atoms with E-state index >= 15 is 0 Å². The molecule has 1 aromatic carbocycles. The van der Waals surface area contributed by atoms with E-state index in [2.05, 4.69) is 5.32 Å². The number of hydrogen-bond acceptors (Lipinski definition) is 2. The molecule has 1 N–H and O–H groups in total. The minimum absolute atomic E-state index is 0. The summed E-state index contributed by atoms with van der Waals surface area (Å²) in [5.41, 5.74) is 0.0518. The average Bonchev–Trinajstić information content (AvgIpc) is 2.41. The van der Waals surface area contributed by atoms with Crippen LogP contribution in [-0.4, -0.2) is 29.9 Å². The average molecular weight is 301 g/mol. The molecule has 1 aliphatic heterocycles. The van der Waals surface area contributed by atoms with E-state index in [0.29, 0.717) is 12.1 Å². The fourth-order valence-corrected chi connectivity index (χ4v) is 2.61. The second kappa shape index (κ2) is 7.04. The second-order valence-electron chi connectivity index (χ2n) is 5.47. The van der Waals surface area contributed by atoms with Crippen LogP contribution in [0.4, 0.5) is 4.39 Å². The molecule has 0 spiro atoms. The van der Waals surface area contributed by atoms with E-state index in [1.165, 1.54) is 6.07 Å². The lowest BCUT2D eigenvalue weighted by molar-refractivity contribution is -0.138. The first-order chi connectivity index (χ1) is 9.03. The normalized spacial score (nSPS) is 21.9. The third-order valence-electron chi connectivity index (χ3n) is 3.80. The lowest BCUT2D eigenvalue weighted by Gasteiger charge is -2.36. The topological polar surface area (TPSA) is 32.3 Å². The van der Waals surface area contributed by atoms with Crippen molar-refractivity contribution in [3.8, 4) is 0 Å². The van der Waals surface area contributed by atoms with Gasteiger partial charge >= 0.3 is 0 Å². The SMILES string of the molecule is CN(Cc1ccccc1F)C(=O)C1(C)CCCCN1.Cl. The van der Waals surface area contributed by atoms with Crippen LogP contribution in [0, 0.1) is 5.82 Å². The van der Waals surface area contributed by atoms with E-state index in [9.17, 15) is 9.18 Å². The molecule has 0 aromatic heterocycles. The minimum atomic E-state index is -0.502. The molecule has 1 saturated heterocycles. The highest BCUT2D eigenvalue weighted by Gasteiger charge is 2.36. The third-order valence-corrected chi connectivity index (χ3v) is 3.80. The van der Waals surface area contributed by atoms with Gasteiger partial charge < -0.3 is 10.2 Å². The molecule has 1 fully saturated rings. The van der Waals surface area contributed by atoms with Crippen molar-refractivity contribution >= 4 is 18.3 Å². The number of hydrogen-bond donors (Lipinski definition) is 1. The highest BCUT2D eigenvalue weighted by atomic mass is 35.5. The van der Waals surface area contributed by atoms with Crippen molar-refractivity contribution in [3.05, 3.63) is 35.6 Å². The molecule has 5 heteroatoms. The van der Waals surface area contributed by atoms with E-state index in [0.717, 1.165) is 25.8 Å². The Balaban J connectivity index is 0.00000200. The van der Waals surface area contributed by atoms with Crippen LogP contribution in [0.25, 0.3) is 0 Å². The Morgan fingerprint density at radius 2 is 2.10 bits per heavy atom. The Kier molecular flexibility index (Phi) is 5.96. The van der Waals surface area contributed by atoms with E-state index in [-0.39, 0.29) is 24.1 Å². The molecule has 1 atom stereocenters. The number of benzene rings is 1. The monoisotopic (exact) mass is 300 g/mol. The second-order valence-corrected chi connectivity index (χ2v) is 5.47. The molecular formula is C15H22ClFN2O. The smallest absolute Gasteiger partial charge is 0.242 e. The molecule has 0 radical (unpaired) electrons. The zero-order valence-corrected chi connectivity index (χ0v) is 12.8. The molecule has 1 amide bonds. The van der Waals surface area contributed by atoms with Gasteiger partial charge in [0.05, 0.1) is 5.54 Å². The molecule has 3 nitrogen and oxygen atoms in total. The maximum atomic E-state index is 13.6. The van der Waals surface area contributed by atoms with E-state index < -0.39 is 5.54 Å². The van der Waals surface area contributed by atoms with Gasteiger partial charge in [0, 0.05) is 19.2 Å². The van der Waals surface area contributed by atoms with Crippen LogP contribution in [0.1, 0.15) is 31.7 Å². The van der Waals surface area contributed by atoms with E-state index in [1.54, 1.807) is 30.1 Å². The zero-order chi connectivity index (χ0) is 13.9. The molecule has 1 aromatic rings. The molecule has 2 rings (SSSR count). The number of carbonyl (C=O) groups is 1. The number of carbonyl (C=O) groups excluding carboxylic acids is 1. The fraction of sp³-hybridized carbons (Fsp3) is 0.533. The zero-order valence-electron chi connectivity index (χ0n) is 12.0. The Labute approximate surface area is 125 Å². The molecule has 112 valence electrons. The van der Waals surface area contributed by atoms with Crippen LogP contribution < -0.4 is 5.32 Å². The summed E-state index contributed by atoms with van der Waals surface area (Å²) in [7, 11) is 1.73. The first-order valence-corrected chi connectivity index (χ1v) is 6.77. The molecule has 1 aliphatic rings. The van der Waals surface area contributed by atoms with Crippen molar-refractivity contribution in [3.63, 3.8) is 0 Å². The molecule has 0 aliphatic carbocycles. The number of rotatable bonds is 3. The summed E-state index contributed by atoms with van der Waals surface area (Å²) < 4.78 is 13.6. The Bertz CT molecular complexity index is 461. The van der Waals surface area contributed by atoms with Crippen LogP contribution >= 0.6 is 12.4 Å². The number of likely N-dealkylation sites (N-methyl/N-ethyl adjacent to an activating group) is 1. The van der Waals surface area contributed by atoms with E-state index in [4.69, 9.17) is 0 Å². The number of piperidine rings is 1. The molecule has 0 saturated carbocycles. The first-order valence-electron chi connectivity index (χ1n) is 6.77. The lowest BCUT2D eigenvalue weighted by atomic mass is 9.89. The van der Waals surface area contributed by atoms with Gasteiger partial charge in [0.1, 0.15) is 5.82 Å². The predicted octanol–water partition coefficient (Wildman–Crippen LogP) is 2.74. The maximum Gasteiger partial charge on any atom is 0.242 e. The largest absolute Gasteiger partial charge is 0.340 e. The summed E-state index contributed by atoms with van der Waals surface area (Å²) in [5.74, 6) is -0.223. The van der Waals surface area contributed by atoms with Gasteiger partial charge in [-0.3, -0.25) is 4.79 Å². The van der Waals surface area contributed by atoms with Crippen molar-refractivity contribution in [1.29, 1.82) is 0 Å². The molecular weight excluding hydrogens is 279 g/mol. The highest BCUT2D eigenvalue weighted by molar-refractivity contribution is 5.86. The van der Waals surface area contributed by atoms with Gasteiger partial charge in [0.25, 0.3) is 0 Å². The first kappa shape index (κ1) is 16.9. The summed E-state index contributed by atoms with van der Waals surface area (Å²) in [5, 5.41) is 3.29. The quantitative estimate of drug-likeness (QED) is 0.931. The van der Waals surface area contributed by atoms with Crippen molar-refractivity contribution in [2.75, 3.05) is 13.6 Å². The van der Waals surface area contributed by atoms with Gasteiger partial charge in [-0.25, -0.2) is 4.39 Å². The van der Waals surface area contributed by atoms with Gasteiger partial charge in [-0.05, 0) is 38.8 Å². The highest BCUT2D eigenvalue weighted by Crippen LogP contribution is 2.22. The Morgan fingerprint density at radius 3 is 2.70 bits per heavy atom. The van der Waals surface area contributed by atoms with Crippen molar-refractivity contribution < 1.29 is 9.18 Å². The lowest BCUT2D eigenvalue weighted by Crippen LogP contribution is -2.57. The molecule has 1 unspecified atom stereocenters. The molecule has 1 heterocycles. The predicted molar refractivity (Wildman–Crippen MR) is 80.4 cm³/mol. The van der Waals surface area contributed by atoms with Crippen LogP contribution in [0.2, 0.25) is 0 Å². The summed E-state index contributed by atoms with van der Waals surface area (Å²) in [6.45, 7) is 3.12. The standard InChI is InChI=1S/C15H21FN2O.ClH/c1-15(9-5-6-10-17-15)14(19)18(2)11-12-7-3-4-8-13(12)16;/h3-4,7-8,17H,5-6,9-11H2,1-2H3;1H. The number of halogens is 2. The van der Waals surface area contributed by atoms with Crippen LogP contribution in [0.3, 0.4) is 0 Å². The van der Waals surface area contributed by atoms with E-state index in [1.807, 2.05) is 6.92 Å². The van der Waals surface area contributed by atoms with Crippen molar-refractivity contribution in [1.82, 2.24) is 10.2 Å². The van der Waals surface area contributed by atoms with Crippen molar-refractivity contribution in [2.24, 2.45) is 0 Å². The van der Waals surface area contributed by atoms with Crippen LogP contribution in [0.15, 0.2) is 24.3 Å². The Hall–Kier alpha value is -1.13. The van der Waals surface area contributed by atoms with Gasteiger partial charge in [-0.15, -0.1) is 12.4 Å². The van der Waals surface area contributed by atoms with Gasteiger partial charge in [-0.1, -0.05) is 18.2 Å². The van der Waals surface area contributed by atoms with Crippen molar-refractivity contribution in [2.45, 2.75) is 38.3 Å². The number of nitrogens with zero attached hydrogens (tertiary/aromatic N) is 1. The summed E-state index contributed by atoms with van der Waals surface area (Å²) in [4.78, 5) is 14.1. The number of amides is 1. The summed E-state index contributed by atoms with van der Waals surface area (Å²) in [6.07, 6.45) is 3.01. The minimum Gasteiger partial charge on any atom is -0.340 e. The molecule has 20 heavy (non-hydrogen) atoms. The van der Waals surface area contributed by atoms with Crippen LogP contribution in [0.5, 0.6) is 0 Å². The fourth-order valence-electron chi connectivity index (χ4n) is 2.61. The third kappa shape index (κ3) is 3.70. The Morgan fingerprint density at radius 1 is 1.40 bits per heavy atom. The number of nitrogens with one attached hydrogen (secondary N) is 1. The van der Waals surface area contributed by atoms with Gasteiger partial charge in [-0.2, -0.15) is 0 Å². The molecule has 0 bridgehead atoms. The van der Waals surface area contributed by atoms with Gasteiger partial charge in [0.15, 0.2) is 0 Å². The van der Waals surface area contributed by atoms with Crippen LogP contribution in [-0.2, 0) is 11.3 Å². The summed E-state index contributed by atoms with van der Waals surface area (Å²) in [6, 6.07) is 6.59. The maximum absolute atomic E-state index is 13.6. The van der Waals surface area contributed by atoms with Gasteiger partial charge in [0.2, 0.25) is 5.91 Å².